The smallest absolute Gasteiger partial charge is 0.402 e. The Labute approximate surface area is 183 Å². The highest BCUT2D eigenvalue weighted by Crippen LogP contribution is 2.40. The Hall–Kier alpha value is -1.62. The van der Waals surface area contributed by atoms with Crippen molar-refractivity contribution in [2.24, 2.45) is 0 Å². The summed E-state index contributed by atoms with van der Waals surface area (Å²) in [5, 5.41) is 0. The molecular weight excluding hydrogens is 369 g/mol. The first-order valence-corrected chi connectivity index (χ1v) is 11.2. The summed E-state index contributed by atoms with van der Waals surface area (Å²) >= 11 is 0. The Morgan fingerprint density at radius 3 is 1.73 bits per heavy atom. The highest BCUT2D eigenvalue weighted by Gasteiger charge is 2.55. The maximum absolute atomic E-state index is 6.56. The normalized spacial score (nSPS) is 19.3. The lowest BCUT2D eigenvalue weighted by Crippen LogP contribution is -2.55. The Balaban J connectivity index is 1.91. The minimum absolute atomic E-state index is 0.0270. The van der Waals surface area contributed by atoms with Crippen LogP contribution in [0.5, 0.6) is 0 Å². The molecule has 3 rings (SSSR count). The summed E-state index contributed by atoms with van der Waals surface area (Å²) in [6.45, 7) is 16.3. The van der Waals surface area contributed by atoms with E-state index in [2.05, 4.69) is 114 Å². The topological polar surface area (TPSA) is 21.7 Å². The lowest BCUT2D eigenvalue weighted by molar-refractivity contribution is 0.00578. The van der Waals surface area contributed by atoms with Crippen LogP contribution in [0.3, 0.4) is 0 Å². The fraction of sp³-hybridized carbons (Fsp3) is 0.538. The zero-order valence-electron chi connectivity index (χ0n) is 19.8. The van der Waals surface area contributed by atoms with Gasteiger partial charge in [0, 0.05) is 18.0 Å². The van der Waals surface area contributed by atoms with Crippen LogP contribution in [0.25, 0.3) is 0 Å². The van der Waals surface area contributed by atoms with Crippen molar-refractivity contribution in [1.82, 2.24) is 4.90 Å². The van der Waals surface area contributed by atoms with Crippen LogP contribution < -0.4 is 0 Å². The monoisotopic (exact) mass is 407 g/mol. The van der Waals surface area contributed by atoms with Crippen molar-refractivity contribution in [3.05, 3.63) is 71.8 Å². The Morgan fingerprint density at radius 1 is 0.800 bits per heavy atom. The number of rotatable bonds is 7. The minimum Gasteiger partial charge on any atom is -0.402 e. The van der Waals surface area contributed by atoms with Crippen LogP contribution in [0.4, 0.5) is 0 Å². The molecule has 1 atom stereocenters. The molecule has 2 aromatic rings. The van der Waals surface area contributed by atoms with E-state index in [-0.39, 0.29) is 29.8 Å². The van der Waals surface area contributed by atoms with E-state index in [1.165, 1.54) is 11.1 Å². The molecule has 3 nitrogen and oxygen atoms in total. The van der Waals surface area contributed by atoms with E-state index < -0.39 is 0 Å². The molecule has 1 aliphatic rings. The Kier molecular flexibility index (Phi) is 6.81. The fourth-order valence-electron chi connectivity index (χ4n) is 4.08. The van der Waals surface area contributed by atoms with Gasteiger partial charge in [-0.2, -0.15) is 0 Å². The quantitative estimate of drug-likeness (QED) is 0.532. The molecule has 0 N–H and O–H groups in total. The fourth-order valence-corrected chi connectivity index (χ4v) is 4.08. The Bertz CT molecular complexity index is 783. The van der Waals surface area contributed by atoms with Crippen molar-refractivity contribution in [1.29, 1.82) is 0 Å². The molecule has 30 heavy (non-hydrogen) atoms. The summed E-state index contributed by atoms with van der Waals surface area (Å²) in [4.78, 5) is 2.56. The van der Waals surface area contributed by atoms with E-state index in [0.29, 0.717) is 0 Å². The third kappa shape index (κ3) is 5.35. The maximum Gasteiger partial charge on any atom is 0.476 e. The van der Waals surface area contributed by atoms with Gasteiger partial charge in [0.05, 0.1) is 11.2 Å². The highest BCUT2D eigenvalue weighted by atomic mass is 16.7. The molecule has 0 bridgehead atoms. The van der Waals surface area contributed by atoms with E-state index in [0.717, 1.165) is 19.4 Å². The van der Waals surface area contributed by atoms with E-state index in [4.69, 9.17) is 9.31 Å². The van der Waals surface area contributed by atoms with Crippen molar-refractivity contribution in [3.63, 3.8) is 0 Å². The molecule has 0 amide bonds. The Morgan fingerprint density at radius 2 is 1.27 bits per heavy atom. The maximum atomic E-state index is 6.56. The molecule has 0 aliphatic carbocycles. The molecule has 0 spiro atoms. The molecule has 1 aliphatic heterocycles. The SMILES string of the molecule is CC(C)(C)N(Cc1ccccc1)C(CCc1ccccc1)B1OC(C)(C)C(C)(C)O1. The van der Waals surface area contributed by atoms with Crippen LogP contribution in [0.1, 0.15) is 66.0 Å². The summed E-state index contributed by atoms with van der Waals surface area (Å²) in [7, 11) is -0.262. The number of hydrogen-bond acceptors (Lipinski definition) is 3. The first-order valence-electron chi connectivity index (χ1n) is 11.2. The first-order chi connectivity index (χ1) is 14.0. The first kappa shape index (κ1) is 23.1. The molecule has 0 saturated carbocycles. The van der Waals surface area contributed by atoms with Crippen molar-refractivity contribution in [2.75, 3.05) is 0 Å². The van der Waals surface area contributed by atoms with Crippen molar-refractivity contribution in [3.8, 4) is 0 Å². The molecule has 162 valence electrons. The van der Waals surface area contributed by atoms with Crippen LogP contribution in [-0.2, 0) is 22.3 Å². The second-order valence-electron chi connectivity index (χ2n) is 10.5. The van der Waals surface area contributed by atoms with Crippen LogP contribution in [-0.4, -0.2) is 34.7 Å². The highest BCUT2D eigenvalue weighted by molar-refractivity contribution is 6.47. The second kappa shape index (κ2) is 8.86. The largest absolute Gasteiger partial charge is 0.476 e. The van der Waals surface area contributed by atoms with Crippen molar-refractivity contribution in [2.45, 2.75) is 90.5 Å². The van der Waals surface area contributed by atoms with Gasteiger partial charge in [0.2, 0.25) is 0 Å². The average molecular weight is 407 g/mol. The standard InChI is InChI=1S/C26H38BNO2/c1-24(2,3)28(20-22-16-12-9-13-17-22)23(19-18-21-14-10-8-11-15-21)27-29-25(4,5)26(6,7)30-27/h8-17,23H,18-20H2,1-7H3. The molecule has 1 heterocycles. The molecule has 2 aromatic carbocycles. The van der Waals surface area contributed by atoms with Gasteiger partial charge >= 0.3 is 7.12 Å². The predicted molar refractivity (Wildman–Crippen MR) is 126 cm³/mol. The number of aryl methyl sites for hydroxylation is 1. The summed E-state index contributed by atoms with van der Waals surface area (Å²) in [5.74, 6) is 0.145. The van der Waals surface area contributed by atoms with Crippen LogP contribution in [0.15, 0.2) is 60.7 Å². The van der Waals surface area contributed by atoms with Crippen LogP contribution >= 0.6 is 0 Å². The third-order valence-corrected chi connectivity index (χ3v) is 6.61. The lowest BCUT2D eigenvalue weighted by atomic mass is 9.72. The number of nitrogens with zero attached hydrogens (tertiary/aromatic N) is 1. The molecular formula is C26H38BNO2. The molecule has 1 saturated heterocycles. The summed E-state index contributed by atoms with van der Waals surface area (Å²) < 4.78 is 13.1. The average Bonchev–Trinajstić information content (AvgIpc) is 2.89. The third-order valence-electron chi connectivity index (χ3n) is 6.61. The van der Waals surface area contributed by atoms with Gasteiger partial charge in [-0.15, -0.1) is 0 Å². The summed E-state index contributed by atoms with van der Waals surface area (Å²) in [6.07, 6.45) is 1.97. The van der Waals surface area contributed by atoms with Gasteiger partial charge in [0.1, 0.15) is 0 Å². The summed E-state index contributed by atoms with van der Waals surface area (Å²) in [5.41, 5.74) is 1.97. The van der Waals surface area contributed by atoms with Gasteiger partial charge in [-0.1, -0.05) is 60.7 Å². The van der Waals surface area contributed by atoms with E-state index in [9.17, 15) is 0 Å². The van der Waals surface area contributed by atoms with E-state index in [1.54, 1.807) is 0 Å². The zero-order chi connectivity index (χ0) is 22.0. The van der Waals surface area contributed by atoms with Gasteiger partial charge in [-0.3, -0.25) is 4.90 Å². The zero-order valence-corrected chi connectivity index (χ0v) is 19.8. The van der Waals surface area contributed by atoms with E-state index >= 15 is 0 Å². The van der Waals surface area contributed by atoms with Gasteiger partial charge in [-0.25, -0.2) is 0 Å². The van der Waals surface area contributed by atoms with Gasteiger partial charge in [-0.05, 0) is 72.4 Å². The van der Waals surface area contributed by atoms with Crippen molar-refractivity contribution >= 4 is 7.12 Å². The van der Waals surface area contributed by atoms with Gasteiger partial charge in [0.15, 0.2) is 0 Å². The minimum atomic E-state index is -0.334. The van der Waals surface area contributed by atoms with E-state index in [1.807, 2.05) is 0 Å². The van der Waals surface area contributed by atoms with Crippen LogP contribution in [0.2, 0.25) is 0 Å². The number of benzene rings is 2. The van der Waals surface area contributed by atoms with Gasteiger partial charge in [0.25, 0.3) is 0 Å². The predicted octanol–water partition coefficient (Wildman–Crippen LogP) is 5.92. The number of hydrogen-bond donors (Lipinski definition) is 0. The molecule has 1 unspecified atom stereocenters. The van der Waals surface area contributed by atoms with Crippen molar-refractivity contribution < 1.29 is 9.31 Å². The van der Waals surface area contributed by atoms with Gasteiger partial charge < -0.3 is 9.31 Å². The summed E-state index contributed by atoms with van der Waals surface area (Å²) in [6, 6.07) is 21.4. The van der Waals surface area contributed by atoms with Crippen LogP contribution in [0, 0.1) is 0 Å². The molecule has 1 fully saturated rings. The second-order valence-corrected chi connectivity index (χ2v) is 10.5. The molecule has 0 aromatic heterocycles. The molecule has 0 radical (unpaired) electrons. The molecule has 4 heteroatoms. The lowest BCUT2D eigenvalue weighted by Gasteiger charge is -2.42.